The number of benzene rings is 2. The molecule has 108 valence electrons. The molecule has 0 radical (unpaired) electrons. The molecule has 1 heterocycles. The normalized spacial score (nSPS) is 13.1. The second kappa shape index (κ2) is 5.97. The van der Waals surface area contributed by atoms with Crippen LogP contribution in [0.2, 0.25) is 0 Å². The molecule has 0 saturated heterocycles. The van der Waals surface area contributed by atoms with E-state index in [1.54, 1.807) is 4.90 Å². The van der Waals surface area contributed by atoms with E-state index in [0.29, 0.717) is 6.54 Å². The van der Waals surface area contributed by atoms with Gasteiger partial charge in [0.1, 0.15) is 6.61 Å². The molecule has 2 aromatic rings. The minimum Gasteiger partial charge on any atom is -0.444 e. The summed E-state index contributed by atoms with van der Waals surface area (Å²) >= 11 is 0. The van der Waals surface area contributed by atoms with Gasteiger partial charge in [-0.25, -0.2) is 4.79 Å². The second-order valence-corrected chi connectivity index (χ2v) is 5.02. The monoisotopic (exact) mass is 283 g/mol. The second-order valence-electron chi connectivity index (χ2n) is 5.02. The number of nitrogens with zero attached hydrogens (tertiary/aromatic N) is 1. The van der Waals surface area contributed by atoms with Crippen molar-refractivity contribution in [2.24, 2.45) is 0 Å². The minimum atomic E-state index is -0.362. The highest BCUT2D eigenvalue weighted by Crippen LogP contribution is 2.32. The van der Waals surface area contributed by atoms with Crippen LogP contribution in [-0.4, -0.2) is 17.7 Å². The number of hydrogen-bond acceptors (Lipinski definition) is 3. The van der Waals surface area contributed by atoms with Crippen molar-refractivity contribution < 1.29 is 14.6 Å². The van der Waals surface area contributed by atoms with Crippen LogP contribution in [0.3, 0.4) is 0 Å². The molecule has 0 fully saturated rings. The maximum absolute atomic E-state index is 12.3. The quantitative estimate of drug-likeness (QED) is 0.942. The Bertz CT molecular complexity index is 640. The van der Waals surface area contributed by atoms with Crippen molar-refractivity contribution in [1.82, 2.24) is 0 Å². The Morgan fingerprint density at radius 2 is 1.95 bits per heavy atom. The van der Waals surface area contributed by atoms with E-state index in [1.165, 1.54) is 0 Å². The number of carbonyl (C=O) groups excluding carboxylic acids is 1. The maximum atomic E-state index is 12.3. The highest BCUT2D eigenvalue weighted by Gasteiger charge is 2.27. The van der Waals surface area contributed by atoms with Crippen molar-refractivity contribution in [3.8, 4) is 0 Å². The SMILES string of the molecule is O=C(OCc1ccccc1)N1CCc2cccc(CO)c21. The van der Waals surface area contributed by atoms with Crippen molar-refractivity contribution in [2.75, 3.05) is 11.4 Å². The number of carbonyl (C=O) groups is 1. The van der Waals surface area contributed by atoms with Crippen LogP contribution in [0, 0.1) is 0 Å². The van der Waals surface area contributed by atoms with Crippen molar-refractivity contribution in [1.29, 1.82) is 0 Å². The van der Waals surface area contributed by atoms with Crippen LogP contribution in [0.5, 0.6) is 0 Å². The van der Waals surface area contributed by atoms with Gasteiger partial charge in [-0.05, 0) is 17.5 Å². The van der Waals surface area contributed by atoms with Crippen molar-refractivity contribution >= 4 is 11.8 Å². The molecule has 4 nitrogen and oxygen atoms in total. The van der Waals surface area contributed by atoms with E-state index < -0.39 is 0 Å². The van der Waals surface area contributed by atoms with Gasteiger partial charge < -0.3 is 9.84 Å². The molecule has 4 heteroatoms. The number of hydrogen-bond donors (Lipinski definition) is 1. The molecule has 2 aromatic carbocycles. The van der Waals surface area contributed by atoms with E-state index in [4.69, 9.17) is 4.74 Å². The summed E-state index contributed by atoms with van der Waals surface area (Å²) < 4.78 is 5.37. The van der Waals surface area contributed by atoms with Gasteiger partial charge >= 0.3 is 6.09 Å². The topological polar surface area (TPSA) is 49.8 Å². The molecule has 0 spiro atoms. The Morgan fingerprint density at radius 3 is 2.71 bits per heavy atom. The summed E-state index contributed by atoms with van der Waals surface area (Å²) in [5.41, 5.74) is 3.61. The number of ether oxygens (including phenoxy) is 1. The fraction of sp³-hybridized carbons (Fsp3) is 0.235. The summed E-state index contributed by atoms with van der Waals surface area (Å²) in [6.45, 7) is 0.776. The number of fused-ring (bicyclic) bond motifs is 1. The lowest BCUT2D eigenvalue weighted by Crippen LogP contribution is -2.30. The average molecular weight is 283 g/mol. The first-order valence-corrected chi connectivity index (χ1v) is 6.99. The standard InChI is InChI=1S/C17H17NO3/c19-11-15-8-4-7-14-9-10-18(16(14)15)17(20)21-12-13-5-2-1-3-6-13/h1-8,19H,9-12H2. The Balaban J connectivity index is 1.73. The van der Waals surface area contributed by atoms with E-state index in [9.17, 15) is 9.90 Å². The van der Waals surface area contributed by atoms with Crippen molar-refractivity contribution in [3.05, 3.63) is 65.2 Å². The minimum absolute atomic E-state index is 0.0777. The van der Waals surface area contributed by atoms with Crippen LogP contribution in [0.4, 0.5) is 10.5 Å². The van der Waals surface area contributed by atoms with E-state index in [0.717, 1.165) is 28.8 Å². The van der Waals surface area contributed by atoms with Gasteiger partial charge in [-0.1, -0.05) is 48.5 Å². The van der Waals surface area contributed by atoms with Gasteiger partial charge in [0, 0.05) is 12.1 Å². The van der Waals surface area contributed by atoms with Crippen molar-refractivity contribution in [3.63, 3.8) is 0 Å². The van der Waals surface area contributed by atoms with Gasteiger partial charge in [0.2, 0.25) is 0 Å². The molecular formula is C17H17NO3. The van der Waals surface area contributed by atoms with Crippen LogP contribution >= 0.6 is 0 Å². The van der Waals surface area contributed by atoms with Crippen LogP contribution in [-0.2, 0) is 24.4 Å². The first-order chi connectivity index (χ1) is 10.3. The predicted octanol–water partition coefficient (Wildman–Crippen LogP) is 2.88. The Kier molecular flexibility index (Phi) is 3.88. The molecular weight excluding hydrogens is 266 g/mol. The van der Waals surface area contributed by atoms with Gasteiger partial charge in [0.15, 0.2) is 0 Å². The van der Waals surface area contributed by atoms with Crippen molar-refractivity contribution in [2.45, 2.75) is 19.6 Å². The number of amides is 1. The molecule has 3 rings (SSSR count). The summed E-state index contributed by atoms with van der Waals surface area (Å²) in [5.74, 6) is 0. The number of aliphatic hydroxyl groups is 1. The lowest BCUT2D eigenvalue weighted by atomic mass is 10.1. The Hall–Kier alpha value is -2.33. The average Bonchev–Trinajstić information content (AvgIpc) is 2.97. The zero-order chi connectivity index (χ0) is 14.7. The van der Waals surface area contributed by atoms with Gasteiger partial charge in [0.25, 0.3) is 0 Å². The molecule has 0 unspecified atom stereocenters. The van der Waals surface area contributed by atoms with E-state index in [-0.39, 0.29) is 19.3 Å². The van der Waals surface area contributed by atoms with Gasteiger partial charge in [-0.2, -0.15) is 0 Å². The maximum Gasteiger partial charge on any atom is 0.414 e. The molecule has 1 N–H and O–H groups in total. The van der Waals surface area contributed by atoms with Gasteiger partial charge in [0.05, 0.1) is 12.3 Å². The van der Waals surface area contributed by atoms with Crippen LogP contribution in [0.1, 0.15) is 16.7 Å². The molecule has 1 aliphatic heterocycles. The Labute approximate surface area is 123 Å². The smallest absolute Gasteiger partial charge is 0.414 e. The molecule has 0 saturated carbocycles. The molecule has 1 aliphatic rings. The molecule has 0 aromatic heterocycles. The number of aliphatic hydroxyl groups excluding tert-OH is 1. The summed E-state index contributed by atoms with van der Waals surface area (Å²) in [4.78, 5) is 13.9. The van der Waals surface area contributed by atoms with E-state index in [2.05, 4.69) is 0 Å². The molecule has 0 aliphatic carbocycles. The lowest BCUT2D eigenvalue weighted by Gasteiger charge is -2.19. The fourth-order valence-electron chi connectivity index (χ4n) is 2.64. The van der Waals surface area contributed by atoms with Gasteiger partial charge in [-0.3, -0.25) is 4.90 Å². The molecule has 0 atom stereocenters. The van der Waals surface area contributed by atoms with Crippen LogP contribution in [0.25, 0.3) is 0 Å². The highest BCUT2D eigenvalue weighted by molar-refractivity contribution is 5.91. The highest BCUT2D eigenvalue weighted by atomic mass is 16.6. The number of rotatable bonds is 3. The third-order valence-electron chi connectivity index (χ3n) is 3.67. The van der Waals surface area contributed by atoms with E-state index >= 15 is 0 Å². The zero-order valence-electron chi connectivity index (χ0n) is 11.7. The third kappa shape index (κ3) is 2.76. The fourth-order valence-corrected chi connectivity index (χ4v) is 2.64. The summed E-state index contributed by atoms with van der Waals surface area (Å²) in [5, 5.41) is 9.43. The molecule has 1 amide bonds. The lowest BCUT2D eigenvalue weighted by molar-refractivity contribution is 0.147. The zero-order valence-corrected chi connectivity index (χ0v) is 11.7. The van der Waals surface area contributed by atoms with Crippen LogP contribution < -0.4 is 4.90 Å². The number of anilines is 1. The third-order valence-corrected chi connectivity index (χ3v) is 3.67. The molecule has 21 heavy (non-hydrogen) atoms. The number of para-hydroxylation sites is 1. The first-order valence-electron chi connectivity index (χ1n) is 6.99. The summed E-state index contributed by atoms with van der Waals surface area (Å²) in [7, 11) is 0. The molecule has 0 bridgehead atoms. The first kappa shape index (κ1) is 13.6. The van der Waals surface area contributed by atoms with Gasteiger partial charge in [-0.15, -0.1) is 0 Å². The van der Waals surface area contributed by atoms with Crippen LogP contribution in [0.15, 0.2) is 48.5 Å². The summed E-state index contributed by atoms with van der Waals surface area (Å²) in [6.07, 6.45) is 0.433. The summed E-state index contributed by atoms with van der Waals surface area (Å²) in [6, 6.07) is 15.3. The Morgan fingerprint density at radius 1 is 1.14 bits per heavy atom. The van der Waals surface area contributed by atoms with E-state index in [1.807, 2.05) is 48.5 Å². The predicted molar refractivity (Wildman–Crippen MR) is 80.0 cm³/mol. The largest absolute Gasteiger partial charge is 0.444 e.